The molecule has 1 nitrogen and oxygen atoms in total. The number of hydrogen-bond donors (Lipinski definition) is 0. The molecule has 0 amide bonds. The third-order valence-corrected chi connectivity index (χ3v) is 4.64. The summed E-state index contributed by atoms with van der Waals surface area (Å²) in [6.07, 6.45) is 3.40. The molecular formula is C10H16O. The number of rotatable bonds is 0. The minimum atomic E-state index is 0.304. The highest BCUT2D eigenvalue weighted by Gasteiger charge is 2.72. The standard InChI is InChI=1S/C10H16O/c1-9(2)6-4-7(9)10(3)8(5-6)11-10/h6-8H,4-5H2,1-3H3/t6-,7-,8-,10+/m0/s1. The minimum absolute atomic E-state index is 0.304. The molecule has 0 aromatic heterocycles. The summed E-state index contributed by atoms with van der Waals surface area (Å²) in [4.78, 5) is 0. The van der Waals surface area contributed by atoms with Crippen LogP contribution in [0.1, 0.15) is 33.6 Å². The quantitative estimate of drug-likeness (QED) is 0.485. The first-order valence-corrected chi connectivity index (χ1v) is 4.73. The Kier molecular flexibility index (Phi) is 0.820. The van der Waals surface area contributed by atoms with Gasteiger partial charge in [-0.3, -0.25) is 0 Å². The zero-order valence-corrected chi connectivity index (χ0v) is 7.55. The fraction of sp³-hybridized carbons (Fsp3) is 1.00. The SMILES string of the molecule is CC1(C)[C@@H]2C[C@@H]3O[C@]3(C)[C@H]1C2. The van der Waals surface area contributed by atoms with Crippen molar-refractivity contribution in [2.24, 2.45) is 17.3 Å². The normalized spacial score (nSPS) is 63.0. The monoisotopic (exact) mass is 152 g/mol. The van der Waals surface area contributed by atoms with Gasteiger partial charge in [-0.05, 0) is 37.0 Å². The van der Waals surface area contributed by atoms with Gasteiger partial charge in [0.2, 0.25) is 0 Å². The summed E-state index contributed by atoms with van der Waals surface area (Å²) in [6.45, 7) is 7.13. The van der Waals surface area contributed by atoms with Gasteiger partial charge >= 0.3 is 0 Å². The van der Waals surface area contributed by atoms with E-state index in [1.165, 1.54) is 12.8 Å². The van der Waals surface area contributed by atoms with Crippen LogP contribution in [0.2, 0.25) is 0 Å². The maximum absolute atomic E-state index is 5.75. The summed E-state index contributed by atoms with van der Waals surface area (Å²) >= 11 is 0. The molecule has 4 fully saturated rings. The summed E-state index contributed by atoms with van der Waals surface area (Å²) in [5.74, 6) is 1.83. The van der Waals surface area contributed by atoms with Crippen molar-refractivity contribution in [3.63, 3.8) is 0 Å². The molecule has 0 aromatic rings. The highest BCUT2D eigenvalue weighted by molar-refractivity contribution is 5.20. The van der Waals surface area contributed by atoms with Crippen molar-refractivity contribution in [1.29, 1.82) is 0 Å². The molecule has 4 atom stereocenters. The van der Waals surface area contributed by atoms with Crippen molar-refractivity contribution in [3.05, 3.63) is 0 Å². The number of ether oxygens (including phenoxy) is 1. The third-order valence-electron chi connectivity index (χ3n) is 4.64. The summed E-state index contributed by atoms with van der Waals surface area (Å²) in [5.41, 5.74) is 0.889. The average molecular weight is 152 g/mol. The fourth-order valence-corrected chi connectivity index (χ4v) is 3.51. The van der Waals surface area contributed by atoms with E-state index in [9.17, 15) is 0 Å². The molecule has 4 aliphatic rings. The van der Waals surface area contributed by atoms with Crippen LogP contribution in [-0.4, -0.2) is 11.7 Å². The largest absolute Gasteiger partial charge is 0.366 e. The first kappa shape index (κ1) is 6.47. The van der Waals surface area contributed by atoms with Gasteiger partial charge in [0.15, 0.2) is 0 Å². The van der Waals surface area contributed by atoms with Crippen LogP contribution in [0.5, 0.6) is 0 Å². The van der Waals surface area contributed by atoms with E-state index in [-0.39, 0.29) is 0 Å². The Hall–Kier alpha value is -0.0400. The van der Waals surface area contributed by atoms with Crippen molar-refractivity contribution in [2.45, 2.75) is 45.3 Å². The van der Waals surface area contributed by atoms with Crippen molar-refractivity contribution in [1.82, 2.24) is 0 Å². The van der Waals surface area contributed by atoms with Crippen LogP contribution in [0.25, 0.3) is 0 Å². The Labute approximate surface area is 68.1 Å². The molecule has 0 aromatic carbocycles. The van der Waals surface area contributed by atoms with E-state index in [1.807, 2.05) is 0 Å². The summed E-state index contributed by atoms with van der Waals surface area (Å²) in [7, 11) is 0. The maximum atomic E-state index is 5.75. The second-order valence-electron chi connectivity index (χ2n) is 5.33. The van der Waals surface area contributed by atoms with Gasteiger partial charge in [0.25, 0.3) is 0 Å². The zero-order chi connectivity index (χ0) is 7.85. The third kappa shape index (κ3) is 0.516. The average Bonchev–Trinajstić information content (AvgIpc) is 2.58. The van der Waals surface area contributed by atoms with E-state index in [0.29, 0.717) is 17.1 Å². The van der Waals surface area contributed by atoms with Crippen LogP contribution in [0.15, 0.2) is 0 Å². The first-order valence-electron chi connectivity index (χ1n) is 4.73. The van der Waals surface area contributed by atoms with Crippen LogP contribution in [0.4, 0.5) is 0 Å². The smallest absolute Gasteiger partial charge is 0.0953 e. The molecule has 0 spiro atoms. The van der Waals surface area contributed by atoms with Crippen molar-refractivity contribution < 1.29 is 4.74 Å². The molecule has 3 saturated carbocycles. The fourth-order valence-electron chi connectivity index (χ4n) is 3.51. The molecule has 2 bridgehead atoms. The van der Waals surface area contributed by atoms with Crippen LogP contribution in [0, 0.1) is 17.3 Å². The predicted molar refractivity (Wildman–Crippen MR) is 43.3 cm³/mol. The van der Waals surface area contributed by atoms with E-state index in [1.54, 1.807) is 0 Å². The summed E-state index contributed by atoms with van der Waals surface area (Å²) in [5, 5.41) is 0. The Balaban J connectivity index is 1.98. The first-order chi connectivity index (χ1) is 5.05. The second kappa shape index (κ2) is 1.39. The second-order valence-corrected chi connectivity index (χ2v) is 5.33. The van der Waals surface area contributed by atoms with Gasteiger partial charge < -0.3 is 4.74 Å². The summed E-state index contributed by atoms with van der Waals surface area (Å²) in [6, 6.07) is 0. The van der Waals surface area contributed by atoms with Gasteiger partial charge in [0, 0.05) is 0 Å². The Bertz CT molecular complexity index is 216. The van der Waals surface area contributed by atoms with E-state index in [0.717, 1.165) is 11.8 Å². The lowest BCUT2D eigenvalue weighted by molar-refractivity contribution is -0.0789. The van der Waals surface area contributed by atoms with E-state index in [4.69, 9.17) is 4.74 Å². The molecule has 11 heavy (non-hydrogen) atoms. The molecule has 4 rings (SSSR count). The Morgan fingerprint density at radius 1 is 1.18 bits per heavy atom. The van der Waals surface area contributed by atoms with Crippen molar-refractivity contribution in [2.75, 3.05) is 0 Å². The van der Waals surface area contributed by atoms with Gasteiger partial charge in [-0.25, -0.2) is 0 Å². The topological polar surface area (TPSA) is 12.5 Å². The van der Waals surface area contributed by atoms with Gasteiger partial charge in [0.05, 0.1) is 11.7 Å². The van der Waals surface area contributed by atoms with Gasteiger partial charge in [-0.2, -0.15) is 0 Å². The van der Waals surface area contributed by atoms with Crippen molar-refractivity contribution >= 4 is 0 Å². The zero-order valence-electron chi connectivity index (χ0n) is 7.55. The molecular weight excluding hydrogens is 136 g/mol. The van der Waals surface area contributed by atoms with Crippen LogP contribution in [-0.2, 0) is 4.74 Å². The predicted octanol–water partition coefficient (Wildman–Crippen LogP) is 2.21. The Morgan fingerprint density at radius 2 is 1.91 bits per heavy atom. The van der Waals surface area contributed by atoms with Gasteiger partial charge in [0.1, 0.15) is 0 Å². The molecule has 1 heteroatoms. The highest BCUT2D eigenvalue weighted by Crippen LogP contribution is 2.70. The molecule has 62 valence electrons. The molecule has 1 saturated heterocycles. The number of epoxide rings is 1. The highest BCUT2D eigenvalue weighted by atomic mass is 16.6. The minimum Gasteiger partial charge on any atom is -0.366 e. The van der Waals surface area contributed by atoms with E-state index in [2.05, 4.69) is 20.8 Å². The molecule has 1 heterocycles. The van der Waals surface area contributed by atoms with Crippen LogP contribution >= 0.6 is 0 Å². The van der Waals surface area contributed by atoms with Gasteiger partial charge in [-0.1, -0.05) is 13.8 Å². The van der Waals surface area contributed by atoms with Crippen LogP contribution < -0.4 is 0 Å². The lowest BCUT2D eigenvalue weighted by Gasteiger charge is -2.57. The maximum Gasteiger partial charge on any atom is 0.0953 e. The molecule has 0 N–H and O–H groups in total. The molecule has 0 radical (unpaired) electrons. The Morgan fingerprint density at radius 3 is 2.36 bits per heavy atom. The number of hydrogen-bond acceptors (Lipinski definition) is 1. The molecule has 1 aliphatic heterocycles. The van der Waals surface area contributed by atoms with Gasteiger partial charge in [-0.15, -0.1) is 0 Å². The lowest BCUT2D eigenvalue weighted by atomic mass is 9.46. The summed E-state index contributed by atoms with van der Waals surface area (Å²) < 4.78 is 5.75. The van der Waals surface area contributed by atoms with E-state index >= 15 is 0 Å². The molecule has 0 unspecified atom stereocenters. The molecule has 3 aliphatic carbocycles. The van der Waals surface area contributed by atoms with E-state index < -0.39 is 0 Å². The lowest BCUT2D eigenvalue weighted by Crippen LogP contribution is -2.56. The van der Waals surface area contributed by atoms with Crippen molar-refractivity contribution in [3.8, 4) is 0 Å². The van der Waals surface area contributed by atoms with Crippen LogP contribution in [0.3, 0.4) is 0 Å².